The minimum atomic E-state index is -0.758. The summed E-state index contributed by atoms with van der Waals surface area (Å²) in [5.74, 6) is 0.255. The van der Waals surface area contributed by atoms with Gasteiger partial charge in [0.25, 0.3) is 0 Å². The molecule has 0 unspecified atom stereocenters. The Morgan fingerprint density at radius 3 is 1.63 bits per heavy atom. The molecule has 0 aliphatic heterocycles. The Kier molecular flexibility index (Phi) is 14.8. The molecule has 38 heavy (non-hydrogen) atoms. The fraction of sp³-hybridized carbons (Fsp3) is 0.727. The molecule has 0 bridgehead atoms. The van der Waals surface area contributed by atoms with E-state index in [9.17, 15) is 4.79 Å². The molecule has 0 radical (unpaired) electrons. The van der Waals surface area contributed by atoms with Gasteiger partial charge in [0.05, 0.1) is 0 Å². The van der Waals surface area contributed by atoms with E-state index in [-0.39, 0.29) is 5.97 Å². The molecule has 0 saturated heterocycles. The molecule has 0 aromatic heterocycles. The molecule has 0 fully saturated rings. The van der Waals surface area contributed by atoms with Crippen LogP contribution in [0.25, 0.3) is 0 Å². The van der Waals surface area contributed by atoms with Gasteiger partial charge in [0.2, 0.25) is 0 Å². The van der Waals surface area contributed by atoms with Crippen LogP contribution >= 0.6 is 0 Å². The SMILES string of the molecule is CCCCCCCC/C=C\CCCCCCCC(=O)Oc1ccc(C(C)(C)N)c(C(C)(C)N)c1C(C)(C)N. The van der Waals surface area contributed by atoms with Gasteiger partial charge >= 0.3 is 5.97 Å². The third kappa shape index (κ3) is 12.9. The largest absolute Gasteiger partial charge is 0.426 e. The number of esters is 1. The number of unbranched alkanes of at least 4 members (excludes halogenated alkanes) is 11. The van der Waals surface area contributed by atoms with Crippen molar-refractivity contribution in [2.75, 3.05) is 0 Å². The summed E-state index contributed by atoms with van der Waals surface area (Å²) >= 11 is 0. The summed E-state index contributed by atoms with van der Waals surface area (Å²) in [5.41, 5.74) is 20.1. The van der Waals surface area contributed by atoms with E-state index in [1.165, 1.54) is 57.8 Å². The van der Waals surface area contributed by atoms with Crippen molar-refractivity contribution in [2.24, 2.45) is 17.2 Å². The fourth-order valence-corrected chi connectivity index (χ4v) is 5.03. The van der Waals surface area contributed by atoms with Crippen molar-refractivity contribution >= 4 is 5.97 Å². The second-order valence-corrected chi connectivity index (χ2v) is 12.8. The van der Waals surface area contributed by atoms with Crippen LogP contribution in [0.1, 0.15) is 155 Å². The highest BCUT2D eigenvalue weighted by atomic mass is 16.5. The van der Waals surface area contributed by atoms with Crippen LogP contribution in [0.2, 0.25) is 0 Å². The van der Waals surface area contributed by atoms with E-state index >= 15 is 0 Å². The summed E-state index contributed by atoms with van der Waals surface area (Å²) in [6, 6.07) is 3.74. The van der Waals surface area contributed by atoms with Crippen LogP contribution in [0.5, 0.6) is 5.75 Å². The lowest BCUT2D eigenvalue weighted by atomic mass is 9.75. The lowest BCUT2D eigenvalue weighted by Gasteiger charge is -2.36. The van der Waals surface area contributed by atoms with Gasteiger partial charge in [0.1, 0.15) is 5.75 Å². The number of carbonyl (C=O) groups excluding carboxylic acids is 1. The number of hydrogen-bond donors (Lipinski definition) is 3. The van der Waals surface area contributed by atoms with Crippen molar-refractivity contribution in [3.63, 3.8) is 0 Å². The maximum absolute atomic E-state index is 12.7. The van der Waals surface area contributed by atoms with Gasteiger partial charge in [-0.3, -0.25) is 4.79 Å². The number of nitrogens with two attached hydrogens (primary N) is 3. The molecule has 5 nitrogen and oxygen atoms in total. The molecule has 0 heterocycles. The first-order chi connectivity index (χ1) is 17.7. The van der Waals surface area contributed by atoms with Gasteiger partial charge in [-0.15, -0.1) is 0 Å². The number of carbonyl (C=O) groups is 1. The minimum absolute atomic E-state index is 0.228. The first kappa shape index (κ1) is 34.3. The average Bonchev–Trinajstić information content (AvgIpc) is 2.79. The number of rotatable bonds is 19. The van der Waals surface area contributed by atoms with Crippen molar-refractivity contribution in [1.29, 1.82) is 0 Å². The molecule has 5 heteroatoms. The highest BCUT2D eigenvalue weighted by Gasteiger charge is 2.35. The van der Waals surface area contributed by atoms with Gasteiger partial charge in [-0.1, -0.05) is 76.5 Å². The maximum atomic E-state index is 12.7. The molecule has 0 aliphatic carbocycles. The standard InChI is InChI=1S/C33H59N3O2/c1-8-9-10-11-12-13-14-15-16-17-18-19-20-21-22-23-28(37)38-27-25-24-26(31(2,3)34)29(32(4,5)35)30(27)33(6,7)36/h15-16,24-25H,8-14,17-23,34-36H2,1-7H3/b16-15-. The molecule has 0 spiro atoms. The lowest BCUT2D eigenvalue weighted by molar-refractivity contribution is -0.134. The van der Waals surface area contributed by atoms with Crippen LogP contribution in [0.15, 0.2) is 24.3 Å². The van der Waals surface area contributed by atoms with E-state index in [0.717, 1.165) is 42.4 Å². The summed E-state index contributed by atoms with van der Waals surface area (Å²) in [6.07, 6.45) is 21.0. The molecule has 0 atom stereocenters. The number of hydrogen-bond acceptors (Lipinski definition) is 5. The summed E-state index contributed by atoms with van der Waals surface area (Å²) in [4.78, 5) is 12.7. The quantitative estimate of drug-likeness (QED) is 0.0725. The predicted octanol–water partition coefficient (Wildman–Crippen LogP) is 8.21. The average molecular weight is 530 g/mol. The summed E-state index contributed by atoms with van der Waals surface area (Å²) in [5, 5.41) is 0. The van der Waals surface area contributed by atoms with Gasteiger partial charge in [-0.2, -0.15) is 0 Å². The third-order valence-corrected chi connectivity index (χ3v) is 7.02. The zero-order valence-corrected chi connectivity index (χ0v) is 25.8. The van der Waals surface area contributed by atoms with Crippen molar-refractivity contribution in [3.8, 4) is 5.75 Å². The Morgan fingerprint density at radius 2 is 1.16 bits per heavy atom. The first-order valence-corrected chi connectivity index (χ1v) is 15.1. The summed E-state index contributed by atoms with van der Waals surface area (Å²) < 4.78 is 5.87. The van der Waals surface area contributed by atoms with Crippen molar-refractivity contribution in [3.05, 3.63) is 41.0 Å². The molecule has 1 aromatic rings. The van der Waals surface area contributed by atoms with Gasteiger partial charge in [-0.05, 0) is 90.8 Å². The first-order valence-electron chi connectivity index (χ1n) is 15.1. The highest BCUT2D eigenvalue weighted by molar-refractivity contribution is 5.73. The third-order valence-electron chi connectivity index (χ3n) is 7.02. The predicted molar refractivity (Wildman–Crippen MR) is 163 cm³/mol. The van der Waals surface area contributed by atoms with Crippen LogP contribution in [-0.2, 0) is 21.4 Å². The summed E-state index contributed by atoms with van der Waals surface area (Å²) in [7, 11) is 0. The number of ether oxygens (including phenoxy) is 1. The van der Waals surface area contributed by atoms with Crippen LogP contribution in [0.4, 0.5) is 0 Å². The maximum Gasteiger partial charge on any atom is 0.311 e. The van der Waals surface area contributed by atoms with Crippen LogP contribution < -0.4 is 21.9 Å². The van der Waals surface area contributed by atoms with Crippen LogP contribution in [0.3, 0.4) is 0 Å². The van der Waals surface area contributed by atoms with Crippen molar-refractivity contribution in [1.82, 2.24) is 0 Å². The Morgan fingerprint density at radius 1 is 0.684 bits per heavy atom. The van der Waals surface area contributed by atoms with E-state index < -0.39 is 16.6 Å². The van der Waals surface area contributed by atoms with Crippen molar-refractivity contribution in [2.45, 2.75) is 155 Å². The highest BCUT2D eigenvalue weighted by Crippen LogP contribution is 2.41. The fourth-order valence-electron chi connectivity index (χ4n) is 5.03. The molecular weight excluding hydrogens is 470 g/mol. The molecule has 0 saturated carbocycles. The molecule has 6 N–H and O–H groups in total. The Labute approximate surface area is 234 Å². The van der Waals surface area contributed by atoms with E-state index in [2.05, 4.69) is 19.1 Å². The zero-order chi connectivity index (χ0) is 28.8. The van der Waals surface area contributed by atoms with Crippen LogP contribution in [0, 0.1) is 0 Å². The molecule has 0 amide bonds. The number of allylic oxidation sites excluding steroid dienone is 2. The normalized spacial score (nSPS) is 12.9. The Balaban J connectivity index is 2.51. The zero-order valence-electron chi connectivity index (χ0n) is 25.8. The van der Waals surface area contributed by atoms with Gasteiger partial charge in [-0.25, -0.2) is 0 Å². The number of benzene rings is 1. The molecule has 1 rings (SSSR count). The van der Waals surface area contributed by atoms with E-state index in [1.54, 1.807) is 0 Å². The minimum Gasteiger partial charge on any atom is -0.426 e. The van der Waals surface area contributed by atoms with E-state index in [0.29, 0.717) is 12.2 Å². The Bertz CT molecular complexity index is 855. The molecule has 0 aliphatic rings. The lowest BCUT2D eigenvalue weighted by Crippen LogP contribution is -2.42. The van der Waals surface area contributed by atoms with Gasteiger partial charge in [0.15, 0.2) is 0 Å². The smallest absolute Gasteiger partial charge is 0.311 e. The molecule has 1 aromatic carbocycles. The second kappa shape index (κ2) is 16.4. The Hall–Kier alpha value is -1.69. The summed E-state index contributed by atoms with van der Waals surface area (Å²) in [6.45, 7) is 13.8. The monoisotopic (exact) mass is 529 g/mol. The molecular formula is C33H59N3O2. The van der Waals surface area contributed by atoms with E-state index in [4.69, 9.17) is 21.9 Å². The second-order valence-electron chi connectivity index (χ2n) is 12.8. The molecule has 218 valence electrons. The van der Waals surface area contributed by atoms with Gasteiger partial charge < -0.3 is 21.9 Å². The van der Waals surface area contributed by atoms with E-state index in [1.807, 2.05) is 53.7 Å². The van der Waals surface area contributed by atoms with Crippen LogP contribution in [-0.4, -0.2) is 5.97 Å². The topological polar surface area (TPSA) is 104 Å². The van der Waals surface area contributed by atoms with Crippen molar-refractivity contribution < 1.29 is 9.53 Å². The van der Waals surface area contributed by atoms with Gasteiger partial charge in [0, 0.05) is 28.6 Å².